The molecule has 0 saturated carbocycles. The molecule has 1 aliphatic rings. The van der Waals surface area contributed by atoms with Crippen LogP contribution in [0.4, 0.5) is 11.4 Å². The Labute approximate surface area is 122 Å². The molecule has 1 aromatic rings. The van der Waals surface area contributed by atoms with Crippen molar-refractivity contribution < 1.29 is 9.72 Å². The van der Waals surface area contributed by atoms with Gasteiger partial charge in [0.2, 0.25) is 0 Å². The smallest absolute Gasteiger partial charge is 0.293 e. The number of nitrogens with zero attached hydrogens (tertiary/aromatic N) is 1. The first-order valence-electron chi connectivity index (χ1n) is 6.05. The van der Waals surface area contributed by atoms with Gasteiger partial charge in [0.25, 0.3) is 11.6 Å². The Hall–Kier alpha value is -1.86. The zero-order valence-electron chi connectivity index (χ0n) is 11.0. The van der Waals surface area contributed by atoms with E-state index in [1.165, 1.54) is 6.07 Å². The Morgan fingerprint density at radius 1 is 1.55 bits per heavy atom. The number of nitrogen functional groups attached to an aromatic ring is 1. The fraction of sp³-hybridized carbons (Fsp3) is 0.417. The molecule has 1 amide bonds. The van der Waals surface area contributed by atoms with Crippen LogP contribution in [0.1, 0.15) is 22.3 Å². The van der Waals surface area contributed by atoms with Crippen LogP contribution in [0.3, 0.4) is 0 Å². The van der Waals surface area contributed by atoms with Crippen molar-refractivity contribution in [2.45, 2.75) is 19.4 Å². The summed E-state index contributed by atoms with van der Waals surface area (Å²) in [6.45, 7) is 3.26. The minimum atomic E-state index is -0.573. The monoisotopic (exact) mass is 300 g/mol. The van der Waals surface area contributed by atoms with Gasteiger partial charge in [-0.25, -0.2) is 0 Å². The number of carbonyl (C=O) groups excluding carboxylic acids is 1. The van der Waals surface area contributed by atoms with Crippen LogP contribution in [-0.4, -0.2) is 30.0 Å². The molecule has 0 spiro atoms. The lowest BCUT2D eigenvalue weighted by Gasteiger charge is -2.13. The van der Waals surface area contributed by atoms with Gasteiger partial charge in [0.15, 0.2) is 0 Å². The van der Waals surface area contributed by atoms with E-state index in [-0.39, 0.29) is 41.3 Å². The molecule has 1 fully saturated rings. The van der Waals surface area contributed by atoms with E-state index in [0.29, 0.717) is 12.1 Å². The summed E-state index contributed by atoms with van der Waals surface area (Å²) in [5.41, 5.74) is 6.20. The third-order valence-corrected chi connectivity index (χ3v) is 3.14. The maximum Gasteiger partial charge on any atom is 0.293 e. The van der Waals surface area contributed by atoms with Gasteiger partial charge in [0.05, 0.1) is 10.5 Å². The quantitative estimate of drug-likeness (QED) is 0.438. The number of amides is 1. The molecule has 7 nitrogen and oxygen atoms in total. The Kier molecular flexibility index (Phi) is 5.29. The van der Waals surface area contributed by atoms with Gasteiger partial charge in [-0.3, -0.25) is 14.9 Å². The summed E-state index contributed by atoms with van der Waals surface area (Å²) < 4.78 is 0. The molecule has 0 aliphatic carbocycles. The van der Waals surface area contributed by atoms with Crippen LogP contribution < -0.4 is 16.4 Å². The van der Waals surface area contributed by atoms with Crippen LogP contribution in [0.25, 0.3) is 0 Å². The fourth-order valence-electron chi connectivity index (χ4n) is 2.16. The second kappa shape index (κ2) is 6.53. The highest BCUT2D eigenvalue weighted by Gasteiger charge is 2.23. The number of hydrogen-bond acceptors (Lipinski definition) is 5. The van der Waals surface area contributed by atoms with Crippen molar-refractivity contribution in [2.24, 2.45) is 0 Å². The summed E-state index contributed by atoms with van der Waals surface area (Å²) in [4.78, 5) is 22.4. The number of benzene rings is 1. The van der Waals surface area contributed by atoms with Crippen molar-refractivity contribution >= 4 is 29.7 Å². The van der Waals surface area contributed by atoms with Crippen LogP contribution in [0, 0.1) is 17.0 Å². The van der Waals surface area contributed by atoms with E-state index in [1.807, 2.05) is 0 Å². The highest BCUT2D eigenvalue weighted by Crippen LogP contribution is 2.27. The number of halogens is 1. The average molecular weight is 301 g/mol. The van der Waals surface area contributed by atoms with E-state index in [4.69, 9.17) is 5.73 Å². The Bertz CT molecular complexity index is 530. The fourth-order valence-corrected chi connectivity index (χ4v) is 2.16. The maximum atomic E-state index is 12.1. The molecule has 0 aromatic heterocycles. The van der Waals surface area contributed by atoms with Gasteiger partial charge in [0.1, 0.15) is 5.69 Å². The lowest BCUT2D eigenvalue weighted by molar-refractivity contribution is -0.384. The standard InChI is InChI=1S/C12H16N4O3.ClH/c1-7-4-9(11(13)10(5-7)16(18)19)12(17)15-8-2-3-14-6-8;/h4-5,8,14H,2-3,6,13H2,1H3,(H,15,17);1H. The molecule has 1 atom stereocenters. The molecule has 8 heteroatoms. The van der Waals surface area contributed by atoms with Crippen LogP contribution in [0.2, 0.25) is 0 Å². The van der Waals surface area contributed by atoms with E-state index in [9.17, 15) is 14.9 Å². The zero-order valence-corrected chi connectivity index (χ0v) is 11.8. The van der Waals surface area contributed by atoms with Crippen molar-refractivity contribution in [3.8, 4) is 0 Å². The molecule has 1 unspecified atom stereocenters. The maximum absolute atomic E-state index is 12.1. The number of nitrogens with two attached hydrogens (primary N) is 1. The highest BCUT2D eigenvalue weighted by molar-refractivity contribution is 6.01. The van der Waals surface area contributed by atoms with Crippen molar-refractivity contribution in [2.75, 3.05) is 18.8 Å². The first kappa shape index (κ1) is 16.2. The van der Waals surface area contributed by atoms with Crippen LogP contribution >= 0.6 is 12.4 Å². The summed E-state index contributed by atoms with van der Waals surface area (Å²) in [7, 11) is 0. The molecular formula is C12H17ClN4O3. The first-order chi connectivity index (χ1) is 8.99. The largest absolute Gasteiger partial charge is 0.393 e. The average Bonchev–Trinajstić information content (AvgIpc) is 2.84. The summed E-state index contributed by atoms with van der Waals surface area (Å²) in [6.07, 6.45) is 0.847. The highest BCUT2D eigenvalue weighted by atomic mass is 35.5. The SMILES string of the molecule is Cc1cc(C(=O)NC2CCNC2)c(N)c([N+](=O)[O-])c1.Cl. The Balaban J connectivity index is 0.00000200. The van der Waals surface area contributed by atoms with Crippen molar-refractivity contribution in [3.05, 3.63) is 33.4 Å². The van der Waals surface area contributed by atoms with Crippen molar-refractivity contribution in [3.63, 3.8) is 0 Å². The lowest BCUT2D eigenvalue weighted by Crippen LogP contribution is -2.36. The Morgan fingerprint density at radius 3 is 2.80 bits per heavy atom. The summed E-state index contributed by atoms with van der Waals surface area (Å²) in [5, 5.41) is 16.8. The third kappa shape index (κ3) is 3.37. The minimum Gasteiger partial charge on any atom is -0.393 e. The second-order valence-electron chi connectivity index (χ2n) is 4.67. The number of hydrogen-bond donors (Lipinski definition) is 3. The summed E-state index contributed by atoms with van der Waals surface area (Å²) in [5.74, 6) is -0.363. The number of rotatable bonds is 3. The van der Waals surface area contributed by atoms with Crippen molar-refractivity contribution in [1.82, 2.24) is 10.6 Å². The number of nitro groups is 1. The third-order valence-electron chi connectivity index (χ3n) is 3.14. The molecule has 20 heavy (non-hydrogen) atoms. The molecule has 0 bridgehead atoms. The molecule has 1 saturated heterocycles. The lowest BCUT2D eigenvalue weighted by atomic mass is 10.1. The normalized spacial score (nSPS) is 17.4. The zero-order chi connectivity index (χ0) is 14.0. The van der Waals surface area contributed by atoms with Gasteiger partial charge < -0.3 is 16.4 Å². The van der Waals surface area contributed by atoms with Gasteiger partial charge in [-0.05, 0) is 31.5 Å². The molecule has 110 valence electrons. The molecule has 2 rings (SSSR count). The predicted molar refractivity (Wildman–Crippen MR) is 78.2 cm³/mol. The van der Waals surface area contributed by atoms with E-state index < -0.39 is 4.92 Å². The molecule has 1 aliphatic heterocycles. The topological polar surface area (TPSA) is 110 Å². The van der Waals surface area contributed by atoms with Crippen molar-refractivity contribution in [1.29, 1.82) is 0 Å². The number of nitrogens with one attached hydrogen (secondary N) is 2. The molecule has 0 radical (unpaired) electrons. The summed E-state index contributed by atoms with van der Waals surface area (Å²) >= 11 is 0. The van der Waals surface area contributed by atoms with E-state index in [0.717, 1.165) is 13.0 Å². The van der Waals surface area contributed by atoms with Gasteiger partial charge in [0, 0.05) is 18.7 Å². The van der Waals surface area contributed by atoms with E-state index >= 15 is 0 Å². The van der Waals surface area contributed by atoms with Crippen LogP contribution in [0.5, 0.6) is 0 Å². The van der Waals surface area contributed by atoms with E-state index in [2.05, 4.69) is 10.6 Å². The number of aryl methyl sites for hydroxylation is 1. The number of anilines is 1. The van der Waals surface area contributed by atoms with Gasteiger partial charge >= 0.3 is 0 Å². The Morgan fingerprint density at radius 2 is 2.25 bits per heavy atom. The molecule has 4 N–H and O–H groups in total. The van der Waals surface area contributed by atoms with Gasteiger partial charge in [-0.2, -0.15) is 0 Å². The van der Waals surface area contributed by atoms with E-state index in [1.54, 1.807) is 13.0 Å². The van der Waals surface area contributed by atoms with Gasteiger partial charge in [-0.1, -0.05) is 0 Å². The molecular weight excluding hydrogens is 284 g/mol. The summed E-state index contributed by atoms with van der Waals surface area (Å²) in [6, 6.07) is 2.98. The number of carbonyl (C=O) groups is 1. The predicted octanol–water partition coefficient (Wildman–Crippen LogP) is 0.999. The van der Waals surface area contributed by atoms with Gasteiger partial charge in [-0.15, -0.1) is 12.4 Å². The minimum absolute atomic E-state index is 0. The first-order valence-corrected chi connectivity index (χ1v) is 6.05. The van der Waals surface area contributed by atoms with Crippen LogP contribution in [0.15, 0.2) is 12.1 Å². The van der Waals surface area contributed by atoms with Crippen LogP contribution in [-0.2, 0) is 0 Å². The molecule has 1 aromatic carbocycles. The second-order valence-corrected chi connectivity index (χ2v) is 4.67. The molecule has 1 heterocycles. The number of nitro benzene ring substituents is 1.